The highest BCUT2D eigenvalue weighted by Crippen LogP contribution is 2.30. The zero-order valence-electron chi connectivity index (χ0n) is 14.2. The third kappa shape index (κ3) is 4.73. The van der Waals surface area contributed by atoms with Gasteiger partial charge in [-0.15, -0.1) is 0 Å². The van der Waals surface area contributed by atoms with Crippen LogP contribution in [0.3, 0.4) is 0 Å². The van der Waals surface area contributed by atoms with Crippen molar-refractivity contribution in [3.8, 4) is 0 Å². The number of nitrogens with one attached hydrogen (secondary N) is 1. The molecule has 0 aromatic carbocycles. The standard InChI is InChI=1S/C17H32N4/c1-5-20(6-2)9-10-21-13-16(12-18-21)19-17-11-14(3)7-8-15(17)4/h12-15,17,19H,5-11H2,1-4H3. The van der Waals surface area contributed by atoms with E-state index in [0.29, 0.717) is 6.04 Å². The predicted molar refractivity (Wildman–Crippen MR) is 89.6 cm³/mol. The minimum atomic E-state index is 0.606. The van der Waals surface area contributed by atoms with Crippen LogP contribution in [0.5, 0.6) is 0 Å². The molecule has 4 heteroatoms. The molecule has 2 rings (SSSR count). The first-order valence-electron chi connectivity index (χ1n) is 8.63. The van der Waals surface area contributed by atoms with Crippen molar-refractivity contribution in [3.63, 3.8) is 0 Å². The highest BCUT2D eigenvalue weighted by atomic mass is 15.3. The van der Waals surface area contributed by atoms with Gasteiger partial charge in [-0.05, 0) is 37.8 Å². The molecule has 1 aliphatic carbocycles. The number of nitrogens with zero attached hydrogens (tertiary/aromatic N) is 3. The lowest BCUT2D eigenvalue weighted by atomic mass is 9.80. The van der Waals surface area contributed by atoms with Gasteiger partial charge in [0.1, 0.15) is 0 Å². The van der Waals surface area contributed by atoms with Gasteiger partial charge in [0.05, 0.1) is 18.4 Å². The highest BCUT2D eigenvalue weighted by molar-refractivity contribution is 5.39. The molecular weight excluding hydrogens is 260 g/mol. The topological polar surface area (TPSA) is 33.1 Å². The second-order valence-electron chi connectivity index (χ2n) is 6.67. The molecule has 1 fully saturated rings. The monoisotopic (exact) mass is 292 g/mol. The first-order chi connectivity index (χ1) is 10.1. The average Bonchev–Trinajstić information content (AvgIpc) is 2.92. The third-order valence-electron chi connectivity index (χ3n) is 4.98. The summed E-state index contributed by atoms with van der Waals surface area (Å²) in [7, 11) is 0. The van der Waals surface area contributed by atoms with Gasteiger partial charge < -0.3 is 10.2 Å². The molecule has 0 aliphatic heterocycles. The van der Waals surface area contributed by atoms with Crippen LogP contribution in [0.15, 0.2) is 12.4 Å². The van der Waals surface area contributed by atoms with Gasteiger partial charge in [0.15, 0.2) is 0 Å². The van der Waals surface area contributed by atoms with Gasteiger partial charge in [0, 0.05) is 18.8 Å². The van der Waals surface area contributed by atoms with Crippen LogP contribution in [0.4, 0.5) is 5.69 Å². The van der Waals surface area contributed by atoms with Gasteiger partial charge in [-0.2, -0.15) is 5.10 Å². The van der Waals surface area contributed by atoms with E-state index in [1.54, 1.807) is 0 Å². The fraction of sp³-hybridized carbons (Fsp3) is 0.824. The van der Waals surface area contributed by atoms with Gasteiger partial charge >= 0.3 is 0 Å². The SMILES string of the molecule is CCN(CC)CCn1cc(NC2CC(C)CCC2C)cn1. The quantitative estimate of drug-likeness (QED) is 0.835. The summed E-state index contributed by atoms with van der Waals surface area (Å²) in [5.41, 5.74) is 1.18. The summed E-state index contributed by atoms with van der Waals surface area (Å²) >= 11 is 0. The molecule has 0 amide bonds. The molecule has 1 heterocycles. The minimum Gasteiger partial charge on any atom is -0.379 e. The Morgan fingerprint density at radius 3 is 2.76 bits per heavy atom. The second-order valence-corrected chi connectivity index (χ2v) is 6.67. The molecule has 21 heavy (non-hydrogen) atoms. The van der Waals surface area contributed by atoms with Crippen LogP contribution in [-0.4, -0.2) is 40.4 Å². The fourth-order valence-corrected chi connectivity index (χ4v) is 3.29. The van der Waals surface area contributed by atoms with Crippen molar-refractivity contribution in [2.75, 3.05) is 25.0 Å². The van der Waals surface area contributed by atoms with E-state index in [-0.39, 0.29) is 0 Å². The normalized spacial score (nSPS) is 26.2. The van der Waals surface area contributed by atoms with Crippen LogP contribution in [-0.2, 0) is 6.54 Å². The summed E-state index contributed by atoms with van der Waals surface area (Å²) < 4.78 is 2.07. The highest BCUT2D eigenvalue weighted by Gasteiger charge is 2.25. The Kier molecular flexibility index (Phi) is 6.09. The van der Waals surface area contributed by atoms with Gasteiger partial charge in [-0.3, -0.25) is 4.68 Å². The predicted octanol–water partition coefficient (Wildman–Crippen LogP) is 3.46. The lowest BCUT2D eigenvalue weighted by Gasteiger charge is -2.33. The Bertz CT molecular complexity index is 411. The molecule has 1 aromatic rings. The van der Waals surface area contributed by atoms with Gasteiger partial charge in [-0.1, -0.05) is 34.1 Å². The lowest BCUT2D eigenvalue weighted by molar-refractivity contribution is 0.280. The van der Waals surface area contributed by atoms with E-state index in [2.05, 4.69) is 53.9 Å². The summed E-state index contributed by atoms with van der Waals surface area (Å²) in [6, 6.07) is 0.606. The average molecular weight is 292 g/mol. The molecule has 0 saturated heterocycles. The minimum absolute atomic E-state index is 0.606. The van der Waals surface area contributed by atoms with Gasteiger partial charge in [0.2, 0.25) is 0 Å². The molecule has 0 bridgehead atoms. The molecule has 120 valence electrons. The number of likely N-dealkylation sites (N-methyl/N-ethyl adjacent to an activating group) is 1. The van der Waals surface area contributed by atoms with Gasteiger partial charge in [-0.25, -0.2) is 0 Å². The van der Waals surface area contributed by atoms with E-state index >= 15 is 0 Å². The number of anilines is 1. The van der Waals surface area contributed by atoms with Crippen molar-refractivity contribution in [1.29, 1.82) is 0 Å². The molecule has 4 nitrogen and oxygen atoms in total. The van der Waals surface area contributed by atoms with E-state index in [0.717, 1.165) is 38.0 Å². The largest absolute Gasteiger partial charge is 0.379 e. The summed E-state index contributed by atoms with van der Waals surface area (Å²) in [4.78, 5) is 2.43. The lowest BCUT2D eigenvalue weighted by Crippen LogP contribution is -2.33. The Hall–Kier alpha value is -1.03. The molecule has 1 aromatic heterocycles. The van der Waals surface area contributed by atoms with Crippen molar-refractivity contribution in [1.82, 2.24) is 14.7 Å². The number of hydrogen-bond donors (Lipinski definition) is 1. The fourth-order valence-electron chi connectivity index (χ4n) is 3.29. The van der Waals surface area contributed by atoms with E-state index in [1.807, 2.05) is 6.20 Å². The number of rotatable bonds is 7. The molecule has 3 unspecified atom stereocenters. The van der Waals surface area contributed by atoms with Crippen molar-refractivity contribution >= 4 is 5.69 Å². The molecule has 3 atom stereocenters. The van der Waals surface area contributed by atoms with Crippen LogP contribution in [0.1, 0.15) is 47.0 Å². The molecule has 1 saturated carbocycles. The van der Waals surface area contributed by atoms with E-state index in [9.17, 15) is 0 Å². The summed E-state index contributed by atoms with van der Waals surface area (Å²) in [6.07, 6.45) is 8.15. The van der Waals surface area contributed by atoms with Gasteiger partial charge in [0.25, 0.3) is 0 Å². The van der Waals surface area contributed by atoms with Crippen molar-refractivity contribution < 1.29 is 0 Å². The Morgan fingerprint density at radius 1 is 1.29 bits per heavy atom. The molecule has 1 aliphatic rings. The van der Waals surface area contributed by atoms with Crippen LogP contribution in [0.2, 0.25) is 0 Å². The number of hydrogen-bond acceptors (Lipinski definition) is 3. The van der Waals surface area contributed by atoms with Crippen LogP contribution < -0.4 is 5.32 Å². The van der Waals surface area contributed by atoms with Crippen LogP contribution in [0, 0.1) is 11.8 Å². The zero-order valence-corrected chi connectivity index (χ0v) is 14.2. The van der Waals surface area contributed by atoms with Crippen LogP contribution >= 0.6 is 0 Å². The Balaban J connectivity index is 1.85. The number of aromatic nitrogens is 2. The van der Waals surface area contributed by atoms with Crippen LogP contribution in [0.25, 0.3) is 0 Å². The second kappa shape index (κ2) is 7.83. The summed E-state index contributed by atoms with van der Waals surface area (Å²) in [5, 5.41) is 8.19. The molecule has 0 radical (unpaired) electrons. The van der Waals surface area contributed by atoms with E-state index < -0.39 is 0 Å². The maximum absolute atomic E-state index is 4.49. The summed E-state index contributed by atoms with van der Waals surface area (Å²) in [6.45, 7) is 13.4. The Morgan fingerprint density at radius 2 is 2.05 bits per heavy atom. The smallest absolute Gasteiger partial charge is 0.0728 e. The maximum atomic E-state index is 4.49. The van der Waals surface area contributed by atoms with Crippen molar-refractivity contribution in [2.24, 2.45) is 11.8 Å². The molecule has 1 N–H and O–H groups in total. The molecule has 0 spiro atoms. The van der Waals surface area contributed by atoms with Crippen molar-refractivity contribution in [2.45, 2.75) is 59.5 Å². The zero-order chi connectivity index (χ0) is 15.2. The van der Waals surface area contributed by atoms with Crippen molar-refractivity contribution in [3.05, 3.63) is 12.4 Å². The Labute approximate surface area is 129 Å². The van der Waals surface area contributed by atoms with E-state index in [1.165, 1.54) is 24.9 Å². The maximum Gasteiger partial charge on any atom is 0.0728 e. The molecular formula is C17H32N4. The summed E-state index contributed by atoms with van der Waals surface area (Å²) in [5.74, 6) is 1.61. The first-order valence-corrected chi connectivity index (χ1v) is 8.63. The first kappa shape index (κ1) is 16.3. The van der Waals surface area contributed by atoms with E-state index in [4.69, 9.17) is 0 Å². The third-order valence-corrected chi connectivity index (χ3v) is 4.98.